The summed E-state index contributed by atoms with van der Waals surface area (Å²) in [6, 6.07) is 0. The van der Waals surface area contributed by atoms with E-state index in [2.05, 4.69) is 26.9 Å². The molecule has 0 radical (unpaired) electrons. The smallest absolute Gasteiger partial charge is 0.267 e. The van der Waals surface area contributed by atoms with Crippen LogP contribution in [0.3, 0.4) is 0 Å². The first-order valence-corrected chi connectivity index (χ1v) is 8.40. The maximum absolute atomic E-state index is 12.4. The summed E-state index contributed by atoms with van der Waals surface area (Å²) < 4.78 is 0. The van der Waals surface area contributed by atoms with Crippen LogP contribution >= 0.6 is 0 Å². The highest BCUT2D eigenvalue weighted by atomic mass is 16.2. The van der Waals surface area contributed by atoms with Gasteiger partial charge in [-0.25, -0.2) is 0 Å². The second-order valence-electron chi connectivity index (χ2n) is 6.45. The van der Waals surface area contributed by atoms with Crippen molar-refractivity contribution in [3.8, 4) is 0 Å². The summed E-state index contributed by atoms with van der Waals surface area (Å²) in [5.41, 5.74) is 7.32. The number of fused-ring (bicyclic) bond motifs is 2. The van der Waals surface area contributed by atoms with E-state index in [1.54, 1.807) is 6.20 Å². The molecular formula is C17H25N5O. The molecule has 1 saturated carbocycles. The fourth-order valence-electron chi connectivity index (χ4n) is 4.00. The molecule has 0 aromatic carbocycles. The topological polar surface area (TPSA) is 83.1 Å². The first-order valence-electron chi connectivity index (χ1n) is 8.40. The van der Waals surface area contributed by atoms with Gasteiger partial charge >= 0.3 is 0 Å². The van der Waals surface area contributed by atoms with Crippen LogP contribution in [0.1, 0.15) is 44.9 Å². The third-order valence-corrected chi connectivity index (χ3v) is 5.06. The molecule has 1 amide bonds. The number of carbonyl (C=O) groups is 1. The van der Waals surface area contributed by atoms with Crippen LogP contribution in [0, 0.1) is 0 Å². The molecule has 23 heavy (non-hydrogen) atoms. The molecular weight excluding hydrogens is 290 g/mol. The van der Waals surface area contributed by atoms with Gasteiger partial charge in [-0.3, -0.25) is 14.8 Å². The molecule has 2 aliphatic heterocycles. The van der Waals surface area contributed by atoms with Crippen LogP contribution < -0.4 is 11.1 Å². The SMILES string of the molecule is C=N/C=C1/CC=C2C(=O)NCC3(CCCCCC3)N2/C1=N/CN. The lowest BCUT2D eigenvalue weighted by Crippen LogP contribution is -2.64. The van der Waals surface area contributed by atoms with Crippen molar-refractivity contribution in [3.63, 3.8) is 0 Å². The molecule has 0 aromatic rings. The first kappa shape index (κ1) is 15.9. The minimum absolute atomic E-state index is 0.0183. The number of allylic oxidation sites excluding steroid dienone is 1. The predicted molar refractivity (Wildman–Crippen MR) is 92.1 cm³/mol. The van der Waals surface area contributed by atoms with Gasteiger partial charge < -0.3 is 16.0 Å². The van der Waals surface area contributed by atoms with Crippen molar-refractivity contribution in [1.29, 1.82) is 0 Å². The maximum atomic E-state index is 12.4. The Morgan fingerprint density at radius 2 is 2.09 bits per heavy atom. The number of hydrogen-bond acceptors (Lipinski definition) is 4. The van der Waals surface area contributed by atoms with E-state index in [0.29, 0.717) is 18.7 Å². The third-order valence-electron chi connectivity index (χ3n) is 5.06. The fraction of sp³-hybridized carbons (Fsp3) is 0.588. The molecule has 1 spiro atoms. The van der Waals surface area contributed by atoms with Gasteiger partial charge in [-0.1, -0.05) is 31.8 Å². The minimum Gasteiger partial charge on any atom is -0.348 e. The summed E-state index contributed by atoms with van der Waals surface area (Å²) in [4.78, 5) is 23.0. The zero-order chi connectivity index (χ0) is 16.3. The number of rotatable bonds is 2. The number of nitrogens with one attached hydrogen (secondary N) is 1. The largest absolute Gasteiger partial charge is 0.348 e. The highest BCUT2D eigenvalue weighted by molar-refractivity contribution is 6.08. The van der Waals surface area contributed by atoms with Gasteiger partial charge in [0.05, 0.1) is 12.2 Å². The Labute approximate surface area is 137 Å². The number of nitrogens with zero attached hydrogens (tertiary/aromatic N) is 3. The lowest BCUT2D eigenvalue weighted by atomic mass is 9.83. The van der Waals surface area contributed by atoms with E-state index in [0.717, 1.165) is 24.3 Å². The van der Waals surface area contributed by atoms with Gasteiger partial charge in [-0.15, -0.1) is 0 Å². The Bertz CT molecular complexity index is 582. The fourth-order valence-corrected chi connectivity index (χ4v) is 4.00. The average Bonchev–Trinajstić information content (AvgIpc) is 2.79. The van der Waals surface area contributed by atoms with Crippen LogP contribution in [0.25, 0.3) is 0 Å². The zero-order valence-electron chi connectivity index (χ0n) is 13.6. The van der Waals surface area contributed by atoms with Crippen LogP contribution in [-0.2, 0) is 4.79 Å². The van der Waals surface area contributed by atoms with Crippen molar-refractivity contribution < 1.29 is 4.79 Å². The molecule has 3 rings (SSSR count). The maximum Gasteiger partial charge on any atom is 0.267 e. The Morgan fingerprint density at radius 1 is 1.35 bits per heavy atom. The lowest BCUT2D eigenvalue weighted by Gasteiger charge is -2.51. The molecule has 6 heteroatoms. The van der Waals surface area contributed by atoms with Crippen molar-refractivity contribution in [1.82, 2.24) is 10.2 Å². The van der Waals surface area contributed by atoms with E-state index in [4.69, 9.17) is 5.73 Å². The highest BCUT2D eigenvalue weighted by Gasteiger charge is 2.47. The van der Waals surface area contributed by atoms with Gasteiger partial charge in [0, 0.05) is 18.3 Å². The standard InChI is InChI=1S/C17H25N5O/c1-19-10-13-6-7-14-16(23)20-11-17(8-4-2-3-5-9-17)22(14)15(13)21-12-18/h7,10H,1-6,8-9,11-12,18H2,(H,20,23)/b13-10-,21-15+. The van der Waals surface area contributed by atoms with Gasteiger partial charge in [-0.05, 0) is 26.0 Å². The van der Waals surface area contributed by atoms with E-state index in [9.17, 15) is 4.79 Å². The molecule has 1 saturated heterocycles. The second-order valence-corrected chi connectivity index (χ2v) is 6.45. The second kappa shape index (κ2) is 6.66. The summed E-state index contributed by atoms with van der Waals surface area (Å²) in [6.45, 7) is 4.42. The van der Waals surface area contributed by atoms with Gasteiger partial charge in [0.2, 0.25) is 0 Å². The lowest BCUT2D eigenvalue weighted by molar-refractivity contribution is -0.122. The highest BCUT2D eigenvalue weighted by Crippen LogP contribution is 2.40. The molecule has 0 unspecified atom stereocenters. The molecule has 1 aliphatic carbocycles. The molecule has 124 valence electrons. The van der Waals surface area contributed by atoms with Crippen LogP contribution in [0.5, 0.6) is 0 Å². The van der Waals surface area contributed by atoms with E-state index in [-0.39, 0.29) is 18.1 Å². The number of amidine groups is 1. The van der Waals surface area contributed by atoms with E-state index < -0.39 is 0 Å². The molecule has 0 aromatic heterocycles. The summed E-state index contributed by atoms with van der Waals surface area (Å²) in [7, 11) is 0. The Hall–Kier alpha value is -1.95. The Morgan fingerprint density at radius 3 is 2.74 bits per heavy atom. The van der Waals surface area contributed by atoms with E-state index in [1.165, 1.54) is 25.7 Å². The molecule has 0 bridgehead atoms. The van der Waals surface area contributed by atoms with Crippen LogP contribution in [0.2, 0.25) is 0 Å². The predicted octanol–water partition coefficient (Wildman–Crippen LogP) is 1.70. The van der Waals surface area contributed by atoms with Gasteiger partial charge in [0.1, 0.15) is 11.5 Å². The number of nitrogens with two attached hydrogens (primary N) is 1. The Kier molecular flexibility index (Phi) is 4.61. The van der Waals surface area contributed by atoms with Crippen molar-refractivity contribution in [2.75, 3.05) is 13.2 Å². The summed E-state index contributed by atoms with van der Waals surface area (Å²) >= 11 is 0. The first-order chi connectivity index (χ1) is 11.2. The zero-order valence-corrected chi connectivity index (χ0v) is 13.6. The van der Waals surface area contributed by atoms with E-state index >= 15 is 0 Å². The molecule has 6 nitrogen and oxygen atoms in total. The van der Waals surface area contributed by atoms with Gasteiger partial charge in [-0.2, -0.15) is 0 Å². The number of aliphatic imine (C=N–C) groups is 2. The van der Waals surface area contributed by atoms with Gasteiger partial charge in [0.25, 0.3) is 5.91 Å². The van der Waals surface area contributed by atoms with Crippen LogP contribution in [-0.4, -0.2) is 42.1 Å². The number of carbonyl (C=O) groups excluding carboxylic acids is 1. The molecule has 0 atom stereocenters. The molecule has 3 aliphatic rings. The van der Waals surface area contributed by atoms with E-state index in [1.807, 2.05) is 6.08 Å². The monoisotopic (exact) mass is 315 g/mol. The van der Waals surface area contributed by atoms with Gasteiger partial charge in [0.15, 0.2) is 0 Å². The number of hydrogen-bond donors (Lipinski definition) is 2. The van der Waals surface area contributed by atoms with Crippen molar-refractivity contribution >= 4 is 18.5 Å². The normalized spacial score (nSPS) is 27.4. The van der Waals surface area contributed by atoms with Crippen molar-refractivity contribution in [2.45, 2.75) is 50.5 Å². The molecule has 2 fully saturated rings. The Balaban J connectivity index is 2.10. The summed E-state index contributed by atoms with van der Waals surface area (Å²) in [5.74, 6) is 0.782. The van der Waals surface area contributed by atoms with Crippen LogP contribution in [0.4, 0.5) is 0 Å². The third kappa shape index (κ3) is 2.83. The average molecular weight is 315 g/mol. The number of piperazine rings is 1. The number of amides is 1. The van der Waals surface area contributed by atoms with Crippen LogP contribution in [0.15, 0.2) is 33.5 Å². The molecule has 2 heterocycles. The summed E-state index contributed by atoms with van der Waals surface area (Å²) in [5, 5.41) is 3.09. The molecule has 3 N–H and O–H groups in total. The summed E-state index contributed by atoms with van der Waals surface area (Å²) in [6.07, 6.45) is 11.3. The minimum atomic E-state index is -0.0923. The van der Waals surface area contributed by atoms with Crippen molar-refractivity contribution in [3.05, 3.63) is 23.5 Å². The quantitative estimate of drug-likeness (QED) is 0.761. The van der Waals surface area contributed by atoms with Crippen molar-refractivity contribution in [2.24, 2.45) is 15.7 Å².